The standard InChI is InChI=1S/C15H25NO3/c1-12-4-6-14(7-5-12)19-9-13(18)8-16-10-15(2,3)11-17/h4-7,13,16-18H,8-11H2,1-3H3. The predicted molar refractivity (Wildman–Crippen MR) is 76.4 cm³/mol. The second-order valence-electron chi connectivity index (χ2n) is 5.73. The fourth-order valence-electron chi connectivity index (χ4n) is 1.52. The van der Waals surface area contributed by atoms with Crippen LogP contribution < -0.4 is 10.1 Å². The summed E-state index contributed by atoms with van der Waals surface area (Å²) < 4.78 is 5.49. The van der Waals surface area contributed by atoms with Crippen LogP contribution in [0.2, 0.25) is 0 Å². The van der Waals surface area contributed by atoms with Gasteiger partial charge in [-0.15, -0.1) is 0 Å². The third kappa shape index (κ3) is 6.57. The molecule has 1 atom stereocenters. The monoisotopic (exact) mass is 267 g/mol. The molecule has 0 heterocycles. The average molecular weight is 267 g/mol. The maximum absolute atomic E-state index is 9.78. The summed E-state index contributed by atoms with van der Waals surface area (Å²) in [6.07, 6.45) is -0.559. The second-order valence-corrected chi connectivity index (χ2v) is 5.73. The summed E-state index contributed by atoms with van der Waals surface area (Å²) >= 11 is 0. The van der Waals surface area contributed by atoms with Gasteiger partial charge in [-0.3, -0.25) is 0 Å². The van der Waals surface area contributed by atoms with Crippen molar-refractivity contribution in [1.29, 1.82) is 0 Å². The minimum atomic E-state index is -0.559. The highest BCUT2D eigenvalue weighted by Gasteiger charge is 2.16. The van der Waals surface area contributed by atoms with Crippen molar-refractivity contribution in [3.8, 4) is 5.75 Å². The zero-order chi connectivity index (χ0) is 14.3. The zero-order valence-corrected chi connectivity index (χ0v) is 12.0. The highest BCUT2D eigenvalue weighted by molar-refractivity contribution is 5.26. The van der Waals surface area contributed by atoms with Gasteiger partial charge in [-0.05, 0) is 19.1 Å². The topological polar surface area (TPSA) is 61.7 Å². The molecule has 4 nitrogen and oxygen atoms in total. The highest BCUT2D eigenvalue weighted by atomic mass is 16.5. The van der Waals surface area contributed by atoms with Crippen LogP contribution in [0.25, 0.3) is 0 Å². The lowest BCUT2D eigenvalue weighted by Crippen LogP contribution is -2.38. The fraction of sp³-hybridized carbons (Fsp3) is 0.600. The van der Waals surface area contributed by atoms with E-state index >= 15 is 0 Å². The molecule has 0 bridgehead atoms. The fourth-order valence-corrected chi connectivity index (χ4v) is 1.52. The Labute approximate surface area is 115 Å². The first-order valence-corrected chi connectivity index (χ1v) is 6.62. The Bertz CT molecular complexity index is 362. The average Bonchev–Trinajstić information content (AvgIpc) is 2.38. The van der Waals surface area contributed by atoms with Crippen LogP contribution in [-0.4, -0.2) is 42.6 Å². The van der Waals surface area contributed by atoms with Crippen molar-refractivity contribution >= 4 is 0 Å². The first kappa shape index (κ1) is 16.0. The molecule has 3 N–H and O–H groups in total. The highest BCUT2D eigenvalue weighted by Crippen LogP contribution is 2.12. The summed E-state index contributed by atoms with van der Waals surface area (Å²) in [5.74, 6) is 0.764. The maximum atomic E-state index is 9.78. The number of aliphatic hydroxyl groups excluding tert-OH is 2. The zero-order valence-electron chi connectivity index (χ0n) is 12.0. The van der Waals surface area contributed by atoms with Crippen LogP contribution >= 0.6 is 0 Å². The van der Waals surface area contributed by atoms with Gasteiger partial charge in [0.05, 0.1) is 0 Å². The lowest BCUT2D eigenvalue weighted by Gasteiger charge is -2.23. The Kier molecular flexibility index (Phi) is 6.28. The Hall–Kier alpha value is -1.10. The molecule has 0 radical (unpaired) electrons. The van der Waals surface area contributed by atoms with Gasteiger partial charge in [-0.25, -0.2) is 0 Å². The third-order valence-corrected chi connectivity index (χ3v) is 2.87. The molecule has 0 fully saturated rings. The molecule has 1 aromatic carbocycles. The SMILES string of the molecule is Cc1ccc(OCC(O)CNCC(C)(C)CO)cc1. The van der Waals surface area contributed by atoms with E-state index in [1.807, 2.05) is 45.0 Å². The van der Waals surface area contributed by atoms with Crippen molar-refractivity contribution in [1.82, 2.24) is 5.32 Å². The largest absolute Gasteiger partial charge is 0.491 e. The molecule has 0 aliphatic rings. The number of hydrogen-bond acceptors (Lipinski definition) is 4. The van der Waals surface area contributed by atoms with Gasteiger partial charge in [0.15, 0.2) is 0 Å². The summed E-state index contributed by atoms with van der Waals surface area (Å²) in [4.78, 5) is 0. The Balaban J connectivity index is 2.21. The van der Waals surface area contributed by atoms with Crippen LogP contribution in [0.1, 0.15) is 19.4 Å². The van der Waals surface area contributed by atoms with Crippen LogP contribution in [-0.2, 0) is 0 Å². The van der Waals surface area contributed by atoms with E-state index in [0.29, 0.717) is 13.1 Å². The summed E-state index contributed by atoms with van der Waals surface area (Å²) in [7, 11) is 0. The van der Waals surface area contributed by atoms with Gasteiger partial charge in [-0.1, -0.05) is 31.5 Å². The first-order chi connectivity index (χ1) is 8.93. The molecule has 4 heteroatoms. The molecule has 0 saturated carbocycles. The summed E-state index contributed by atoms with van der Waals surface area (Å²) in [6, 6.07) is 7.74. The van der Waals surface area contributed by atoms with E-state index in [2.05, 4.69) is 5.32 Å². The maximum Gasteiger partial charge on any atom is 0.119 e. The summed E-state index contributed by atoms with van der Waals surface area (Å²) in [5, 5.41) is 22.0. The van der Waals surface area contributed by atoms with Gasteiger partial charge in [0.1, 0.15) is 18.5 Å². The molecule has 0 aliphatic heterocycles. The van der Waals surface area contributed by atoms with Gasteiger partial charge in [0, 0.05) is 25.1 Å². The first-order valence-electron chi connectivity index (χ1n) is 6.62. The molecule has 0 aromatic heterocycles. The van der Waals surface area contributed by atoms with Crippen molar-refractivity contribution in [2.75, 3.05) is 26.3 Å². The minimum Gasteiger partial charge on any atom is -0.491 e. The van der Waals surface area contributed by atoms with Crippen LogP contribution in [0.5, 0.6) is 5.75 Å². The molecule has 0 spiro atoms. The van der Waals surface area contributed by atoms with E-state index in [4.69, 9.17) is 9.84 Å². The number of hydrogen-bond donors (Lipinski definition) is 3. The lowest BCUT2D eigenvalue weighted by molar-refractivity contribution is 0.0980. The van der Waals surface area contributed by atoms with Crippen LogP contribution in [0.3, 0.4) is 0 Å². The van der Waals surface area contributed by atoms with E-state index in [-0.39, 0.29) is 18.6 Å². The third-order valence-electron chi connectivity index (χ3n) is 2.87. The summed E-state index contributed by atoms with van der Waals surface area (Å²) in [6.45, 7) is 7.45. The molecule has 1 aromatic rings. The van der Waals surface area contributed by atoms with Gasteiger partial charge in [-0.2, -0.15) is 0 Å². The number of ether oxygens (including phenoxy) is 1. The number of aliphatic hydroxyl groups is 2. The van der Waals surface area contributed by atoms with Crippen molar-refractivity contribution < 1.29 is 14.9 Å². The van der Waals surface area contributed by atoms with E-state index < -0.39 is 6.10 Å². The molecule has 1 unspecified atom stereocenters. The Morgan fingerprint density at radius 2 is 1.89 bits per heavy atom. The molecule has 108 valence electrons. The van der Waals surface area contributed by atoms with E-state index in [0.717, 1.165) is 5.75 Å². The summed E-state index contributed by atoms with van der Waals surface area (Å²) in [5.41, 5.74) is 1.01. The Morgan fingerprint density at radius 1 is 1.26 bits per heavy atom. The molecule has 1 rings (SSSR count). The molecule has 0 aliphatic carbocycles. The van der Waals surface area contributed by atoms with E-state index in [1.54, 1.807) is 0 Å². The smallest absolute Gasteiger partial charge is 0.119 e. The van der Waals surface area contributed by atoms with Gasteiger partial charge < -0.3 is 20.3 Å². The van der Waals surface area contributed by atoms with E-state index in [1.165, 1.54) is 5.56 Å². The lowest BCUT2D eigenvalue weighted by atomic mass is 9.95. The van der Waals surface area contributed by atoms with Gasteiger partial charge >= 0.3 is 0 Å². The van der Waals surface area contributed by atoms with E-state index in [9.17, 15) is 5.11 Å². The molecular weight excluding hydrogens is 242 g/mol. The second kappa shape index (κ2) is 7.48. The molecular formula is C15H25NO3. The molecule has 0 saturated heterocycles. The Morgan fingerprint density at radius 3 is 2.47 bits per heavy atom. The number of aryl methyl sites for hydroxylation is 1. The van der Waals surface area contributed by atoms with Gasteiger partial charge in [0.25, 0.3) is 0 Å². The molecule has 0 amide bonds. The quantitative estimate of drug-likeness (QED) is 0.665. The van der Waals surface area contributed by atoms with Crippen molar-refractivity contribution in [3.63, 3.8) is 0 Å². The van der Waals surface area contributed by atoms with Crippen molar-refractivity contribution in [2.45, 2.75) is 26.9 Å². The van der Waals surface area contributed by atoms with Crippen molar-refractivity contribution in [2.24, 2.45) is 5.41 Å². The normalized spacial score (nSPS) is 13.3. The molecule has 19 heavy (non-hydrogen) atoms. The number of benzene rings is 1. The van der Waals surface area contributed by atoms with Crippen molar-refractivity contribution in [3.05, 3.63) is 29.8 Å². The van der Waals surface area contributed by atoms with Gasteiger partial charge in [0.2, 0.25) is 0 Å². The predicted octanol–water partition coefficient (Wildman–Crippen LogP) is 1.34. The van der Waals surface area contributed by atoms with Crippen LogP contribution in [0.4, 0.5) is 0 Å². The number of nitrogens with one attached hydrogen (secondary N) is 1. The van der Waals surface area contributed by atoms with Crippen LogP contribution in [0.15, 0.2) is 24.3 Å². The number of rotatable bonds is 8. The minimum absolute atomic E-state index is 0.121. The van der Waals surface area contributed by atoms with Crippen LogP contribution in [0, 0.1) is 12.3 Å².